The fourth-order valence-electron chi connectivity index (χ4n) is 2.41. The number of amides is 1. The van der Waals surface area contributed by atoms with Crippen LogP contribution >= 0.6 is 11.6 Å². The molecule has 0 aliphatic rings. The van der Waals surface area contributed by atoms with Crippen LogP contribution < -0.4 is 0 Å². The predicted octanol–water partition coefficient (Wildman–Crippen LogP) is 3.25. The van der Waals surface area contributed by atoms with E-state index in [0.717, 1.165) is 11.1 Å². The lowest BCUT2D eigenvalue weighted by Crippen LogP contribution is -2.26. The molecule has 3 aromatic rings. The van der Waals surface area contributed by atoms with Crippen molar-refractivity contribution >= 4 is 17.5 Å². The summed E-state index contributed by atoms with van der Waals surface area (Å²) >= 11 is 5.88. The summed E-state index contributed by atoms with van der Waals surface area (Å²) in [6.45, 7) is 1.17. The monoisotopic (exact) mass is 340 g/mol. The minimum Gasteiger partial charge on any atom is -0.337 e. The summed E-state index contributed by atoms with van der Waals surface area (Å²) in [6.07, 6.45) is 3.17. The molecule has 5 nitrogen and oxygen atoms in total. The smallest absolute Gasteiger partial charge is 0.253 e. The highest BCUT2D eigenvalue weighted by Gasteiger charge is 2.12. The summed E-state index contributed by atoms with van der Waals surface area (Å²) in [5.74, 6) is -0.0164. The molecule has 1 amide bonds. The van der Waals surface area contributed by atoms with Crippen LogP contribution in [0.3, 0.4) is 0 Å². The topological polar surface area (TPSA) is 51.0 Å². The van der Waals surface area contributed by atoms with E-state index in [1.165, 1.54) is 6.33 Å². The Labute approximate surface area is 145 Å². The van der Waals surface area contributed by atoms with Crippen LogP contribution in [0.4, 0.5) is 0 Å². The van der Waals surface area contributed by atoms with Crippen molar-refractivity contribution < 1.29 is 4.79 Å². The third-order valence-electron chi connectivity index (χ3n) is 3.69. The molecule has 0 N–H and O–H groups in total. The number of benzene rings is 2. The average molecular weight is 341 g/mol. The van der Waals surface area contributed by atoms with Crippen LogP contribution in [0.1, 0.15) is 21.5 Å². The quantitative estimate of drug-likeness (QED) is 0.716. The first-order valence-electron chi connectivity index (χ1n) is 7.53. The van der Waals surface area contributed by atoms with Gasteiger partial charge >= 0.3 is 0 Å². The number of hydrogen-bond donors (Lipinski definition) is 0. The molecular formula is C18H17ClN4O. The zero-order valence-electron chi connectivity index (χ0n) is 13.3. The number of carbonyl (C=O) groups is 1. The molecule has 1 heterocycles. The van der Waals surface area contributed by atoms with E-state index in [1.54, 1.807) is 23.0 Å². The van der Waals surface area contributed by atoms with Crippen molar-refractivity contribution in [2.75, 3.05) is 7.05 Å². The molecule has 0 unspecified atom stereocenters. The van der Waals surface area contributed by atoms with Crippen molar-refractivity contribution in [3.8, 4) is 0 Å². The highest BCUT2D eigenvalue weighted by molar-refractivity contribution is 6.30. The van der Waals surface area contributed by atoms with Crippen molar-refractivity contribution in [1.29, 1.82) is 0 Å². The molecule has 1 aromatic heterocycles. The Morgan fingerprint density at radius 2 is 1.75 bits per heavy atom. The maximum atomic E-state index is 12.5. The zero-order chi connectivity index (χ0) is 16.9. The van der Waals surface area contributed by atoms with E-state index < -0.39 is 0 Å². The number of halogens is 1. The highest BCUT2D eigenvalue weighted by Crippen LogP contribution is 2.13. The van der Waals surface area contributed by atoms with E-state index in [2.05, 4.69) is 10.1 Å². The van der Waals surface area contributed by atoms with Gasteiger partial charge < -0.3 is 4.90 Å². The normalized spacial score (nSPS) is 10.6. The Balaban J connectivity index is 1.64. The SMILES string of the molecule is CN(Cc1ccc(Cl)cc1)C(=O)c1ccc(Cn2cncn2)cc1. The van der Waals surface area contributed by atoms with Crippen molar-refractivity contribution in [1.82, 2.24) is 19.7 Å². The van der Waals surface area contributed by atoms with Gasteiger partial charge in [-0.05, 0) is 35.4 Å². The first-order valence-corrected chi connectivity index (χ1v) is 7.91. The Morgan fingerprint density at radius 1 is 1.08 bits per heavy atom. The summed E-state index contributed by atoms with van der Waals surface area (Å²) in [5, 5.41) is 4.76. The number of nitrogens with zero attached hydrogens (tertiary/aromatic N) is 4. The molecule has 2 aromatic carbocycles. The summed E-state index contributed by atoms with van der Waals surface area (Å²) < 4.78 is 1.74. The molecule has 24 heavy (non-hydrogen) atoms. The van der Waals surface area contributed by atoms with Gasteiger partial charge in [0, 0.05) is 24.2 Å². The minimum atomic E-state index is -0.0164. The molecule has 0 aliphatic heterocycles. The van der Waals surface area contributed by atoms with Crippen LogP contribution in [-0.2, 0) is 13.1 Å². The molecular weight excluding hydrogens is 324 g/mol. The van der Waals surface area contributed by atoms with Gasteiger partial charge in [-0.15, -0.1) is 0 Å². The summed E-state index contributed by atoms with van der Waals surface area (Å²) in [7, 11) is 1.79. The van der Waals surface area contributed by atoms with Crippen LogP contribution in [-0.4, -0.2) is 32.6 Å². The summed E-state index contributed by atoms with van der Waals surface area (Å²) in [6, 6.07) is 15.1. The Hall–Kier alpha value is -2.66. The van der Waals surface area contributed by atoms with Crippen molar-refractivity contribution in [2.45, 2.75) is 13.1 Å². The fourth-order valence-corrected chi connectivity index (χ4v) is 2.54. The van der Waals surface area contributed by atoms with E-state index >= 15 is 0 Å². The maximum Gasteiger partial charge on any atom is 0.253 e. The van der Waals surface area contributed by atoms with Crippen LogP contribution in [0.2, 0.25) is 5.02 Å². The number of rotatable bonds is 5. The third-order valence-corrected chi connectivity index (χ3v) is 3.94. The first kappa shape index (κ1) is 16.2. The number of hydrogen-bond acceptors (Lipinski definition) is 3. The minimum absolute atomic E-state index is 0.0164. The number of aromatic nitrogens is 3. The van der Waals surface area contributed by atoms with E-state index in [9.17, 15) is 4.79 Å². The number of carbonyl (C=O) groups excluding carboxylic acids is 1. The summed E-state index contributed by atoms with van der Waals surface area (Å²) in [4.78, 5) is 18.1. The molecule has 6 heteroatoms. The Bertz CT molecular complexity index is 798. The molecule has 0 saturated carbocycles. The van der Waals surface area contributed by atoms with Crippen LogP contribution in [0.15, 0.2) is 61.2 Å². The second kappa shape index (κ2) is 7.27. The molecule has 122 valence electrons. The average Bonchev–Trinajstić information content (AvgIpc) is 3.10. The largest absolute Gasteiger partial charge is 0.337 e. The Kier molecular flexibility index (Phi) is 4.91. The molecule has 0 aliphatic carbocycles. The standard InChI is InChI=1S/C18H17ClN4O/c1-22(10-14-4-8-17(19)9-5-14)18(24)16-6-2-15(3-7-16)11-23-13-20-12-21-23/h2-9,12-13H,10-11H2,1H3. The predicted molar refractivity (Wildman–Crippen MR) is 92.8 cm³/mol. The maximum absolute atomic E-state index is 12.5. The lowest BCUT2D eigenvalue weighted by atomic mass is 10.1. The molecule has 0 fully saturated rings. The van der Waals surface area contributed by atoms with Gasteiger partial charge in [0.1, 0.15) is 12.7 Å². The fraction of sp³-hybridized carbons (Fsp3) is 0.167. The second-order valence-corrected chi connectivity index (χ2v) is 6.01. The lowest BCUT2D eigenvalue weighted by molar-refractivity contribution is 0.0785. The molecule has 0 bridgehead atoms. The van der Waals surface area contributed by atoms with Gasteiger partial charge in [-0.25, -0.2) is 9.67 Å². The molecule has 0 saturated heterocycles. The van der Waals surface area contributed by atoms with Crippen molar-refractivity contribution in [2.24, 2.45) is 0 Å². The van der Waals surface area contributed by atoms with E-state index in [0.29, 0.717) is 23.7 Å². The molecule has 3 rings (SSSR count). The molecule has 0 spiro atoms. The van der Waals surface area contributed by atoms with Crippen molar-refractivity contribution in [3.63, 3.8) is 0 Å². The van der Waals surface area contributed by atoms with E-state index in [1.807, 2.05) is 48.5 Å². The van der Waals surface area contributed by atoms with Gasteiger partial charge in [0.05, 0.1) is 6.54 Å². The van der Waals surface area contributed by atoms with E-state index in [4.69, 9.17) is 11.6 Å². The van der Waals surface area contributed by atoms with Gasteiger partial charge in [0.25, 0.3) is 5.91 Å². The van der Waals surface area contributed by atoms with Crippen LogP contribution in [0, 0.1) is 0 Å². The van der Waals surface area contributed by atoms with Gasteiger partial charge in [0.2, 0.25) is 0 Å². The van der Waals surface area contributed by atoms with Crippen molar-refractivity contribution in [3.05, 3.63) is 82.9 Å². The molecule has 0 radical (unpaired) electrons. The lowest BCUT2D eigenvalue weighted by Gasteiger charge is -2.17. The zero-order valence-corrected chi connectivity index (χ0v) is 14.0. The highest BCUT2D eigenvalue weighted by atomic mass is 35.5. The van der Waals surface area contributed by atoms with Gasteiger partial charge in [-0.1, -0.05) is 35.9 Å². The van der Waals surface area contributed by atoms with Gasteiger partial charge in [-0.2, -0.15) is 5.10 Å². The van der Waals surface area contributed by atoms with E-state index in [-0.39, 0.29) is 5.91 Å². The second-order valence-electron chi connectivity index (χ2n) is 5.58. The molecule has 0 atom stereocenters. The van der Waals surface area contributed by atoms with Gasteiger partial charge in [0.15, 0.2) is 0 Å². The van der Waals surface area contributed by atoms with Crippen LogP contribution in [0.25, 0.3) is 0 Å². The van der Waals surface area contributed by atoms with Gasteiger partial charge in [-0.3, -0.25) is 4.79 Å². The third kappa shape index (κ3) is 4.00. The first-order chi connectivity index (χ1) is 11.6. The van der Waals surface area contributed by atoms with Crippen LogP contribution in [0.5, 0.6) is 0 Å². The summed E-state index contributed by atoms with van der Waals surface area (Å²) in [5.41, 5.74) is 2.77. The Morgan fingerprint density at radius 3 is 2.38 bits per heavy atom.